The van der Waals surface area contributed by atoms with E-state index in [0.717, 1.165) is 37.9 Å². The number of pyridine rings is 4. The lowest BCUT2D eigenvalue weighted by atomic mass is 9.97. The zero-order valence-electron chi connectivity index (χ0n) is 50.1. The molecule has 6 aromatic rings. The van der Waals surface area contributed by atoms with Crippen molar-refractivity contribution in [3.8, 4) is 11.5 Å². The van der Waals surface area contributed by atoms with Crippen LogP contribution in [-0.4, -0.2) is 135 Å². The number of para-hydroxylation sites is 2. The molecule has 22 nitrogen and oxygen atoms in total. The first-order valence-electron chi connectivity index (χ1n) is 29.2. The fraction of sp³-hybridized carbons (Fsp3) is 0.354. The Labute approximate surface area is 529 Å². The summed E-state index contributed by atoms with van der Waals surface area (Å²) >= 11 is 8.03. The van der Waals surface area contributed by atoms with E-state index in [2.05, 4.69) is 85.6 Å². The Kier molecular flexibility index (Phi) is 37.6. The smallest absolute Gasteiger partial charge is 0.347 e. The minimum atomic E-state index is -0.853. The third-order valence-electron chi connectivity index (χ3n) is 12.3. The molecule has 5 amide bonds. The maximum Gasteiger partial charge on any atom is 0.347 e. The van der Waals surface area contributed by atoms with Gasteiger partial charge < -0.3 is 41.2 Å². The Balaban J connectivity index is 0.000000328. The van der Waals surface area contributed by atoms with Crippen molar-refractivity contribution in [3.63, 3.8) is 0 Å². The molecule has 0 aliphatic carbocycles. The molecule has 0 fully saturated rings. The molecule has 2 aromatic carbocycles. The second-order valence-electron chi connectivity index (χ2n) is 19.3. The van der Waals surface area contributed by atoms with Crippen molar-refractivity contribution in [2.24, 2.45) is 5.92 Å². The van der Waals surface area contributed by atoms with Gasteiger partial charge in [0.1, 0.15) is 23.7 Å². The number of esters is 2. The summed E-state index contributed by atoms with van der Waals surface area (Å²) in [6, 6.07) is 25.3. The van der Waals surface area contributed by atoms with Gasteiger partial charge in [-0.3, -0.25) is 63.1 Å². The maximum absolute atomic E-state index is 12.6. The Morgan fingerprint density at radius 3 is 1.46 bits per heavy atom. The van der Waals surface area contributed by atoms with Crippen LogP contribution >= 0.6 is 25.3 Å². The molecule has 474 valence electrons. The number of carbonyl (C=O) groups excluding carboxylic acids is 10. The van der Waals surface area contributed by atoms with Gasteiger partial charge in [-0.2, -0.15) is 25.3 Å². The van der Waals surface area contributed by atoms with Crippen molar-refractivity contribution in [1.82, 2.24) is 46.5 Å². The van der Waals surface area contributed by atoms with Crippen LogP contribution in [0.15, 0.2) is 147 Å². The van der Waals surface area contributed by atoms with Gasteiger partial charge >= 0.3 is 11.9 Å². The number of aromatic nitrogens is 4. The van der Waals surface area contributed by atoms with E-state index in [1.54, 1.807) is 104 Å². The Bertz CT molecular complexity index is 3130. The fourth-order valence-electron chi connectivity index (χ4n) is 7.80. The molecular weight excluding hydrogens is 1180 g/mol. The normalized spacial score (nSPS) is 10.2. The van der Waals surface area contributed by atoms with Crippen LogP contribution in [0.4, 0.5) is 0 Å². The summed E-state index contributed by atoms with van der Waals surface area (Å²) < 4.78 is 10.4. The molecule has 0 saturated heterocycles. The predicted octanol–water partition coefficient (Wildman–Crippen LogP) is 8.05. The summed E-state index contributed by atoms with van der Waals surface area (Å²) in [6.07, 6.45) is 19.5. The number of thiol groups is 2. The quantitative estimate of drug-likeness (QED) is 0.00482. The molecule has 0 atom stereocenters. The van der Waals surface area contributed by atoms with Crippen molar-refractivity contribution in [2.45, 2.75) is 90.9 Å². The molecule has 0 aliphatic heterocycles. The van der Waals surface area contributed by atoms with E-state index in [1.165, 1.54) is 42.9 Å². The number of aromatic hydroxyl groups is 1. The molecule has 0 saturated carbocycles. The molecule has 0 radical (unpaired) electrons. The van der Waals surface area contributed by atoms with E-state index in [9.17, 15) is 53.1 Å². The van der Waals surface area contributed by atoms with E-state index < -0.39 is 17.5 Å². The summed E-state index contributed by atoms with van der Waals surface area (Å²) in [5.41, 5.74) is 1.98. The zero-order valence-corrected chi connectivity index (χ0v) is 51.9. The summed E-state index contributed by atoms with van der Waals surface area (Å²) in [5.74, 6) is -2.11. The van der Waals surface area contributed by atoms with E-state index in [4.69, 9.17) is 9.47 Å². The molecule has 0 aliphatic rings. The molecule has 6 N–H and O–H groups in total. The van der Waals surface area contributed by atoms with Crippen LogP contribution in [-0.2, 0) is 23.9 Å². The highest BCUT2D eigenvalue weighted by Gasteiger charge is 2.23. The molecular formula is C65H79N9O13S2. The summed E-state index contributed by atoms with van der Waals surface area (Å²) in [5, 5.41) is 23.5. The van der Waals surface area contributed by atoms with Crippen molar-refractivity contribution < 1.29 is 62.5 Å². The largest absolute Gasteiger partial charge is 0.507 e. The van der Waals surface area contributed by atoms with Gasteiger partial charge in [0.2, 0.25) is 23.4 Å². The zero-order chi connectivity index (χ0) is 64.9. The van der Waals surface area contributed by atoms with Gasteiger partial charge in [-0.15, -0.1) is 0 Å². The molecule has 0 spiro atoms. The number of Topliss-reactive ketones (excluding diaryl/α,β-unsaturated/α-hetero) is 3. The van der Waals surface area contributed by atoms with Crippen LogP contribution in [0.2, 0.25) is 0 Å². The number of nitrogens with one attached hydrogen (secondary N) is 5. The van der Waals surface area contributed by atoms with Crippen molar-refractivity contribution in [3.05, 3.63) is 180 Å². The minimum absolute atomic E-state index is 0.0142. The number of ketones is 3. The number of hydrogen-bond donors (Lipinski definition) is 8. The van der Waals surface area contributed by atoms with Crippen LogP contribution in [0.1, 0.15) is 153 Å². The summed E-state index contributed by atoms with van der Waals surface area (Å²) in [6.45, 7) is 6.26. The average Bonchev–Trinajstić information content (AvgIpc) is 3.54. The Morgan fingerprint density at radius 1 is 0.494 bits per heavy atom. The van der Waals surface area contributed by atoms with E-state index in [-0.39, 0.29) is 102 Å². The molecule has 0 unspecified atom stereocenters. The van der Waals surface area contributed by atoms with Crippen LogP contribution in [0, 0.1) is 5.92 Å². The van der Waals surface area contributed by atoms with E-state index >= 15 is 0 Å². The molecule has 6 rings (SSSR count). The number of carbonyl (C=O) groups is 10. The summed E-state index contributed by atoms with van der Waals surface area (Å²) in [7, 11) is 0. The van der Waals surface area contributed by atoms with Gasteiger partial charge in [0.15, 0.2) is 5.78 Å². The van der Waals surface area contributed by atoms with Crippen LogP contribution in [0.3, 0.4) is 0 Å². The third-order valence-corrected chi connectivity index (χ3v) is 12.9. The standard InChI is InChI=1S/C24H20N2O6.C20H31N3O4.C12H17N3O2S.C9H11NOS/c27-19-10-3-1-8-17(19)24(31)32-21-12-4-2-9-18(21)22(29)20(28)11-6-14-26-23(30)16-7-5-13-25-15-16;1-3-7-16(8-4-2)19(25)23-13-14-27-18(24)10-6-12-22-20(26)17-9-5-11-21-15-17;16-11(14-7-8-18)4-2-6-15-12(17)10-3-1-5-13-9-10;11-9(4-2-6-12)8-3-1-5-10-7-8/h1-5,7-10,12-13,15,27H,6,11,14H2,(H,26,30);5,9,11,15-16H,3-4,6-8,10,12-14H2,1-2H3,(H,22,26)(H,23,25);1,3,5,9,18H,2,4,6-8H2,(H,14,16)(H,15,17);1,3,5,7,12H,2,4,6H2. The molecule has 4 heterocycles. The SMILES string of the molecule is CCCC(CCC)C(=O)NCCOC(=O)CCCNC(=O)c1cccnc1.O=C(CCCNC(=O)c1cccnc1)C(=O)c1ccccc1OC(=O)c1ccccc1O.O=C(CCCNC(=O)c1cccnc1)NCCS.O=C(CCCS)c1cccnc1. The lowest BCUT2D eigenvalue weighted by molar-refractivity contribution is -0.144. The highest BCUT2D eigenvalue weighted by atomic mass is 32.1. The first-order valence-corrected chi connectivity index (χ1v) is 30.5. The van der Waals surface area contributed by atoms with Gasteiger partial charge in [-0.1, -0.05) is 51.0 Å². The van der Waals surface area contributed by atoms with Gasteiger partial charge in [-0.25, -0.2) is 4.79 Å². The lowest BCUT2D eigenvalue weighted by Crippen LogP contribution is -2.33. The average molecular weight is 1260 g/mol. The number of nitrogens with zero attached hydrogens (tertiary/aromatic N) is 4. The highest BCUT2D eigenvalue weighted by Crippen LogP contribution is 2.24. The fourth-order valence-corrected chi connectivity index (χ4v) is 8.07. The Hall–Kier alpha value is -9.16. The summed E-state index contributed by atoms with van der Waals surface area (Å²) in [4.78, 5) is 135. The van der Waals surface area contributed by atoms with Crippen molar-refractivity contribution in [2.75, 3.05) is 50.8 Å². The lowest BCUT2D eigenvalue weighted by Gasteiger charge is -2.15. The molecule has 89 heavy (non-hydrogen) atoms. The second kappa shape index (κ2) is 45.2. The Morgan fingerprint density at radius 2 is 0.978 bits per heavy atom. The second-order valence-corrected chi connectivity index (χ2v) is 20.2. The number of benzene rings is 2. The van der Waals surface area contributed by atoms with Gasteiger partial charge in [-0.05, 0) is 117 Å². The topological polar surface area (TPSA) is 321 Å². The first kappa shape index (κ1) is 74.1. The third kappa shape index (κ3) is 30.8. The molecule has 0 bridgehead atoms. The maximum atomic E-state index is 12.6. The van der Waals surface area contributed by atoms with Gasteiger partial charge in [0.05, 0.1) is 28.8 Å². The number of phenols is 1. The van der Waals surface area contributed by atoms with E-state index in [0.29, 0.717) is 79.9 Å². The number of phenolic OH excluding ortho intramolecular Hbond substituents is 1. The van der Waals surface area contributed by atoms with Crippen molar-refractivity contribution >= 4 is 84.1 Å². The number of ether oxygens (including phenoxy) is 2. The van der Waals surface area contributed by atoms with E-state index in [1.807, 2.05) is 0 Å². The number of amides is 5. The number of hydrogen-bond acceptors (Lipinski definition) is 19. The van der Waals surface area contributed by atoms with Crippen LogP contribution in [0.5, 0.6) is 11.5 Å². The van der Waals surface area contributed by atoms with Gasteiger partial charge in [0, 0.05) is 119 Å². The number of rotatable bonds is 33. The molecule has 4 aromatic heterocycles. The first-order chi connectivity index (χ1) is 43.1. The molecule has 24 heteroatoms. The van der Waals surface area contributed by atoms with Crippen LogP contribution < -0.4 is 31.3 Å². The van der Waals surface area contributed by atoms with Crippen molar-refractivity contribution in [1.29, 1.82) is 0 Å². The minimum Gasteiger partial charge on any atom is -0.507 e. The van der Waals surface area contributed by atoms with Gasteiger partial charge in [0.25, 0.3) is 17.7 Å². The monoisotopic (exact) mass is 1260 g/mol. The predicted molar refractivity (Wildman–Crippen MR) is 342 cm³/mol. The van der Waals surface area contributed by atoms with Crippen LogP contribution in [0.25, 0.3) is 0 Å². The highest BCUT2D eigenvalue weighted by molar-refractivity contribution is 7.80.